The number of nitrogens with one attached hydrogen (secondary N) is 2. The molecule has 0 bridgehead atoms. The van der Waals surface area contributed by atoms with E-state index in [0.717, 1.165) is 0 Å². The van der Waals surface area contributed by atoms with Crippen molar-refractivity contribution in [2.24, 2.45) is 5.84 Å². The lowest BCUT2D eigenvalue weighted by molar-refractivity contribution is 0.571. The molecule has 1 rings (SSSR count). The van der Waals surface area contributed by atoms with Crippen molar-refractivity contribution < 1.29 is 8.42 Å². The lowest BCUT2D eigenvalue weighted by atomic mass is 10.4. The number of aromatic nitrogens is 1. The van der Waals surface area contributed by atoms with E-state index in [2.05, 4.69) is 15.1 Å². The third-order valence-corrected chi connectivity index (χ3v) is 4.45. The standard InChI is InChI=1S/C9H16N4O2S2/c1-7(6-16-2)13-17(14,15)9-5-11-4-3-8(9)12-10/h3-5,7,13H,6,10H2,1-2H3,(H,11,12). The van der Waals surface area contributed by atoms with Crippen LogP contribution < -0.4 is 16.0 Å². The average Bonchev–Trinajstić information content (AvgIpc) is 2.28. The fourth-order valence-corrected chi connectivity index (χ4v) is 3.37. The minimum Gasteiger partial charge on any atom is -0.323 e. The van der Waals surface area contributed by atoms with Gasteiger partial charge < -0.3 is 5.43 Å². The molecular weight excluding hydrogens is 260 g/mol. The fourth-order valence-electron chi connectivity index (χ4n) is 1.33. The molecule has 1 aromatic rings. The molecule has 0 spiro atoms. The highest BCUT2D eigenvalue weighted by atomic mass is 32.2. The Bertz CT molecular complexity index is 464. The molecule has 1 heterocycles. The number of hydrazine groups is 1. The molecule has 0 saturated carbocycles. The maximum absolute atomic E-state index is 12.0. The molecule has 0 fully saturated rings. The van der Waals surface area contributed by atoms with Gasteiger partial charge in [0.1, 0.15) is 4.90 Å². The first-order valence-corrected chi connectivity index (χ1v) is 7.81. The molecule has 1 atom stereocenters. The van der Waals surface area contributed by atoms with Crippen LogP contribution in [0.3, 0.4) is 0 Å². The summed E-state index contributed by atoms with van der Waals surface area (Å²) in [6.07, 6.45) is 4.66. The summed E-state index contributed by atoms with van der Waals surface area (Å²) >= 11 is 1.57. The van der Waals surface area contributed by atoms with Gasteiger partial charge in [0.05, 0.1) is 5.69 Å². The van der Waals surface area contributed by atoms with Crippen LogP contribution in [0.5, 0.6) is 0 Å². The molecule has 0 aliphatic heterocycles. The van der Waals surface area contributed by atoms with Crippen LogP contribution in [0.2, 0.25) is 0 Å². The van der Waals surface area contributed by atoms with Crippen LogP contribution in [-0.4, -0.2) is 31.5 Å². The first kappa shape index (κ1) is 14.2. The minimum absolute atomic E-state index is 0.0513. The fraction of sp³-hybridized carbons (Fsp3) is 0.444. The van der Waals surface area contributed by atoms with Gasteiger partial charge in [0.15, 0.2) is 0 Å². The van der Waals surface area contributed by atoms with E-state index < -0.39 is 10.0 Å². The van der Waals surface area contributed by atoms with Gasteiger partial charge in [0.2, 0.25) is 10.0 Å². The van der Waals surface area contributed by atoms with Gasteiger partial charge in [-0.05, 0) is 19.2 Å². The zero-order valence-electron chi connectivity index (χ0n) is 9.67. The predicted molar refractivity (Wildman–Crippen MR) is 70.2 cm³/mol. The maximum atomic E-state index is 12.0. The lowest BCUT2D eigenvalue weighted by Gasteiger charge is -2.14. The summed E-state index contributed by atoms with van der Waals surface area (Å²) < 4.78 is 26.6. The van der Waals surface area contributed by atoms with Crippen LogP contribution >= 0.6 is 11.8 Å². The Kier molecular flexibility index (Phi) is 5.19. The van der Waals surface area contributed by atoms with Crippen molar-refractivity contribution >= 4 is 27.5 Å². The van der Waals surface area contributed by atoms with Crippen LogP contribution in [0.25, 0.3) is 0 Å². The summed E-state index contributed by atoms with van der Waals surface area (Å²) in [5, 5.41) is 0. The second-order valence-corrected chi connectivity index (χ2v) is 6.09. The van der Waals surface area contributed by atoms with Crippen molar-refractivity contribution in [2.45, 2.75) is 17.9 Å². The van der Waals surface area contributed by atoms with Crippen LogP contribution in [0.4, 0.5) is 5.69 Å². The number of thioether (sulfide) groups is 1. The summed E-state index contributed by atoms with van der Waals surface area (Å²) in [5.41, 5.74) is 2.67. The molecule has 0 aromatic carbocycles. The lowest BCUT2D eigenvalue weighted by Crippen LogP contribution is -2.34. The molecule has 0 aliphatic carbocycles. The number of pyridine rings is 1. The molecule has 0 amide bonds. The second-order valence-electron chi connectivity index (χ2n) is 3.49. The van der Waals surface area contributed by atoms with Gasteiger partial charge in [0, 0.05) is 24.2 Å². The molecule has 0 saturated heterocycles. The minimum atomic E-state index is -3.59. The Hall–Kier alpha value is -0.830. The zero-order valence-corrected chi connectivity index (χ0v) is 11.3. The topological polar surface area (TPSA) is 97.1 Å². The van der Waals surface area contributed by atoms with E-state index in [1.54, 1.807) is 18.7 Å². The van der Waals surface area contributed by atoms with E-state index in [-0.39, 0.29) is 10.9 Å². The number of sulfonamides is 1. The number of rotatable bonds is 6. The van der Waals surface area contributed by atoms with Gasteiger partial charge in [-0.2, -0.15) is 11.8 Å². The van der Waals surface area contributed by atoms with Crippen molar-refractivity contribution in [1.82, 2.24) is 9.71 Å². The van der Waals surface area contributed by atoms with Crippen LogP contribution in [-0.2, 0) is 10.0 Å². The Morgan fingerprint density at radius 2 is 2.29 bits per heavy atom. The molecule has 1 aromatic heterocycles. The van der Waals surface area contributed by atoms with Crippen LogP contribution in [0.15, 0.2) is 23.4 Å². The summed E-state index contributed by atoms with van der Waals surface area (Å²) in [5.74, 6) is 5.96. The monoisotopic (exact) mass is 276 g/mol. The van der Waals surface area contributed by atoms with Crippen molar-refractivity contribution in [2.75, 3.05) is 17.4 Å². The maximum Gasteiger partial charge on any atom is 0.244 e. The number of nitrogens with zero attached hydrogens (tertiary/aromatic N) is 1. The van der Waals surface area contributed by atoms with Crippen LogP contribution in [0.1, 0.15) is 6.92 Å². The molecule has 1 unspecified atom stereocenters. The molecule has 17 heavy (non-hydrogen) atoms. The molecule has 0 radical (unpaired) electrons. The predicted octanol–water partition coefficient (Wildman–Crippen LogP) is 0.397. The molecule has 96 valence electrons. The third-order valence-electron chi connectivity index (χ3n) is 2.00. The average molecular weight is 276 g/mol. The normalized spacial score (nSPS) is 13.4. The van der Waals surface area contributed by atoms with Crippen molar-refractivity contribution in [3.8, 4) is 0 Å². The molecule has 8 heteroatoms. The van der Waals surface area contributed by atoms with Crippen molar-refractivity contribution in [3.05, 3.63) is 18.5 Å². The highest BCUT2D eigenvalue weighted by molar-refractivity contribution is 7.98. The summed E-state index contributed by atoms with van der Waals surface area (Å²) in [4.78, 5) is 3.84. The summed E-state index contributed by atoms with van der Waals surface area (Å²) in [6.45, 7) is 1.81. The van der Waals surface area contributed by atoms with Gasteiger partial charge in [-0.25, -0.2) is 13.1 Å². The summed E-state index contributed by atoms with van der Waals surface area (Å²) in [7, 11) is -3.59. The Morgan fingerprint density at radius 3 is 2.88 bits per heavy atom. The van der Waals surface area contributed by atoms with E-state index in [4.69, 9.17) is 5.84 Å². The Morgan fingerprint density at radius 1 is 1.59 bits per heavy atom. The molecule has 4 N–H and O–H groups in total. The Balaban J connectivity index is 2.97. The number of nitrogens with two attached hydrogens (primary N) is 1. The molecular formula is C9H16N4O2S2. The van der Waals surface area contributed by atoms with Gasteiger partial charge in [-0.15, -0.1) is 0 Å². The number of hydrogen-bond acceptors (Lipinski definition) is 6. The molecule has 6 nitrogen and oxygen atoms in total. The van der Waals surface area contributed by atoms with E-state index in [9.17, 15) is 8.42 Å². The Labute approximate surface area is 105 Å². The largest absolute Gasteiger partial charge is 0.323 e. The van der Waals surface area contributed by atoms with Crippen molar-refractivity contribution in [3.63, 3.8) is 0 Å². The van der Waals surface area contributed by atoms with E-state index in [1.165, 1.54) is 18.5 Å². The van der Waals surface area contributed by atoms with Gasteiger partial charge >= 0.3 is 0 Å². The van der Waals surface area contributed by atoms with Crippen LogP contribution in [0, 0.1) is 0 Å². The number of nitrogen functional groups attached to an aromatic ring is 1. The second kappa shape index (κ2) is 6.20. The molecule has 0 aliphatic rings. The van der Waals surface area contributed by atoms with Gasteiger partial charge in [-0.3, -0.25) is 10.8 Å². The first-order chi connectivity index (χ1) is 8.01. The smallest absolute Gasteiger partial charge is 0.244 e. The van der Waals surface area contributed by atoms with E-state index in [1.807, 2.05) is 6.26 Å². The van der Waals surface area contributed by atoms with Gasteiger partial charge in [-0.1, -0.05) is 0 Å². The highest BCUT2D eigenvalue weighted by Crippen LogP contribution is 2.18. The summed E-state index contributed by atoms with van der Waals surface area (Å²) in [6, 6.07) is 1.36. The van der Waals surface area contributed by atoms with Crippen molar-refractivity contribution in [1.29, 1.82) is 0 Å². The highest BCUT2D eigenvalue weighted by Gasteiger charge is 2.20. The quantitative estimate of drug-likeness (QED) is 0.514. The first-order valence-electron chi connectivity index (χ1n) is 4.93. The SMILES string of the molecule is CSCC(C)NS(=O)(=O)c1cnccc1NN. The third kappa shape index (κ3) is 3.84. The van der Waals surface area contributed by atoms with E-state index in [0.29, 0.717) is 11.4 Å². The van der Waals surface area contributed by atoms with E-state index >= 15 is 0 Å². The van der Waals surface area contributed by atoms with Gasteiger partial charge in [0.25, 0.3) is 0 Å². The number of hydrogen-bond donors (Lipinski definition) is 3. The number of anilines is 1. The zero-order chi connectivity index (χ0) is 12.9.